The average Bonchev–Trinajstić information content (AvgIpc) is 2.39. The minimum absolute atomic E-state index is 0.0304. The van der Waals surface area contributed by atoms with Crippen LogP contribution in [-0.4, -0.2) is 15.1 Å². The van der Waals surface area contributed by atoms with Crippen LogP contribution in [-0.2, 0) is 12.4 Å². The van der Waals surface area contributed by atoms with E-state index in [1.807, 2.05) is 25.1 Å². The maximum Gasteiger partial charge on any atom is 0.138 e. The molecular weight excluding hydrogens is 232 g/mol. The number of aryl methyl sites for hydroxylation is 1. The smallest absolute Gasteiger partial charge is 0.138 e. The van der Waals surface area contributed by atoms with Crippen LogP contribution in [0.15, 0.2) is 41.4 Å². The van der Waals surface area contributed by atoms with Crippen molar-refractivity contribution in [1.82, 2.24) is 9.97 Å². The molecule has 0 saturated heterocycles. The van der Waals surface area contributed by atoms with Crippen LogP contribution >= 0.6 is 11.8 Å². The van der Waals surface area contributed by atoms with Gasteiger partial charge in [-0.25, -0.2) is 9.97 Å². The molecule has 0 aliphatic carbocycles. The van der Waals surface area contributed by atoms with Crippen LogP contribution in [0.5, 0.6) is 0 Å². The molecule has 1 aromatic carbocycles. The Kier molecular flexibility index (Phi) is 4.12. The fourth-order valence-electron chi connectivity index (χ4n) is 1.41. The molecule has 0 amide bonds. The number of hydrogen-bond donors (Lipinski definition) is 1. The summed E-state index contributed by atoms with van der Waals surface area (Å²) in [5.41, 5.74) is 1.64. The Bertz CT molecular complexity index is 488. The number of rotatable bonds is 4. The molecule has 3 nitrogen and oxygen atoms in total. The van der Waals surface area contributed by atoms with E-state index >= 15 is 0 Å². The Morgan fingerprint density at radius 1 is 1.24 bits per heavy atom. The van der Waals surface area contributed by atoms with Gasteiger partial charge in [0.15, 0.2) is 0 Å². The summed E-state index contributed by atoms with van der Waals surface area (Å²) in [4.78, 5) is 9.78. The van der Waals surface area contributed by atoms with Crippen molar-refractivity contribution in [2.75, 3.05) is 0 Å². The molecule has 0 aliphatic heterocycles. The Morgan fingerprint density at radius 3 is 2.71 bits per heavy atom. The van der Waals surface area contributed by atoms with Gasteiger partial charge in [0.05, 0.1) is 18.1 Å². The summed E-state index contributed by atoms with van der Waals surface area (Å²) in [6.07, 6.45) is 1.76. The molecule has 2 rings (SSSR count). The minimum atomic E-state index is -0.0304. The molecule has 0 radical (unpaired) electrons. The van der Waals surface area contributed by atoms with Crippen LogP contribution in [0.4, 0.5) is 0 Å². The SMILES string of the molecule is Cc1cnc(CSc2ccccc2)nc1CO. The van der Waals surface area contributed by atoms with Crippen molar-refractivity contribution in [3.8, 4) is 0 Å². The van der Waals surface area contributed by atoms with E-state index in [2.05, 4.69) is 22.1 Å². The number of thioether (sulfide) groups is 1. The summed E-state index contributed by atoms with van der Waals surface area (Å²) in [5, 5.41) is 9.13. The second-order valence-corrected chi connectivity index (χ2v) is 4.72. The zero-order chi connectivity index (χ0) is 12.1. The van der Waals surface area contributed by atoms with E-state index in [1.165, 1.54) is 4.90 Å². The molecule has 0 bridgehead atoms. The molecule has 1 heterocycles. The molecule has 0 unspecified atom stereocenters. The second-order valence-electron chi connectivity index (χ2n) is 3.68. The van der Waals surface area contributed by atoms with Crippen molar-refractivity contribution >= 4 is 11.8 Å². The first-order chi connectivity index (χ1) is 8.29. The molecule has 0 aliphatic rings. The minimum Gasteiger partial charge on any atom is -0.390 e. The number of aliphatic hydroxyl groups is 1. The third-order valence-corrected chi connectivity index (χ3v) is 3.40. The summed E-state index contributed by atoms with van der Waals surface area (Å²) >= 11 is 1.69. The van der Waals surface area contributed by atoms with Crippen molar-refractivity contribution in [3.05, 3.63) is 53.6 Å². The lowest BCUT2D eigenvalue weighted by Crippen LogP contribution is -2.00. The number of aliphatic hydroxyl groups excluding tert-OH is 1. The number of aromatic nitrogens is 2. The number of hydrogen-bond acceptors (Lipinski definition) is 4. The maximum absolute atomic E-state index is 9.13. The van der Waals surface area contributed by atoms with Crippen molar-refractivity contribution in [3.63, 3.8) is 0 Å². The molecule has 1 aromatic heterocycles. The number of nitrogens with zero attached hydrogens (tertiary/aromatic N) is 2. The summed E-state index contributed by atoms with van der Waals surface area (Å²) in [6.45, 7) is 1.87. The third-order valence-electron chi connectivity index (χ3n) is 2.39. The summed E-state index contributed by atoms with van der Waals surface area (Å²) in [5.74, 6) is 1.48. The molecule has 88 valence electrons. The maximum atomic E-state index is 9.13. The van der Waals surface area contributed by atoms with Crippen LogP contribution in [0, 0.1) is 6.92 Å². The van der Waals surface area contributed by atoms with E-state index in [9.17, 15) is 0 Å². The predicted molar refractivity (Wildman–Crippen MR) is 68.7 cm³/mol. The Labute approximate surface area is 105 Å². The van der Waals surface area contributed by atoms with Crippen LogP contribution in [0.2, 0.25) is 0 Å². The standard InChI is InChI=1S/C13H14N2OS/c1-10-7-14-13(15-12(10)8-16)9-17-11-5-3-2-4-6-11/h2-7,16H,8-9H2,1H3. The van der Waals surface area contributed by atoms with E-state index in [1.54, 1.807) is 18.0 Å². The predicted octanol–water partition coefficient (Wildman–Crippen LogP) is 2.57. The van der Waals surface area contributed by atoms with E-state index in [-0.39, 0.29) is 6.61 Å². The largest absolute Gasteiger partial charge is 0.390 e. The van der Waals surface area contributed by atoms with Crippen molar-refractivity contribution < 1.29 is 5.11 Å². The Balaban J connectivity index is 2.04. The lowest BCUT2D eigenvalue weighted by atomic mass is 10.2. The van der Waals surface area contributed by atoms with Crippen LogP contribution in [0.25, 0.3) is 0 Å². The van der Waals surface area contributed by atoms with Crippen LogP contribution in [0.3, 0.4) is 0 Å². The highest BCUT2D eigenvalue weighted by Crippen LogP contribution is 2.20. The summed E-state index contributed by atoms with van der Waals surface area (Å²) < 4.78 is 0. The molecule has 4 heteroatoms. The van der Waals surface area contributed by atoms with Gasteiger partial charge in [0.2, 0.25) is 0 Å². The monoisotopic (exact) mass is 246 g/mol. The van der Waals surface area contributed by atoms with Gasteiger partial charge in [0.25, 0.3) is 0 Å². The van der Waals surface area contributed by atoms with Crippen molar-refractivity contribution in [1.29, 1.82) is 0 Å². The fraction of sp³-hybridized carbons (Fsp3) is 0.231. The van der Waals surface area contributed by atoms with Crippen molar-refractivity contribution in [2.45, 2.75) is 24.2 Å². The Morgan fingerprint density at radius 2 is 2.00 bits per heavy atom. The van der Waals surface area contributed by atoms with Gasteiger partial charge in [0.1, 0.15) is 5.82 Å². The van der Waals surface area contributed by atoms with E-state index in [0.717, 1.165) is 17.1 Å². The highest BCUT2D eigenvalue weighted by molar-refractivity contribution is 7.98. The fourth-order valence-corrected chi connectivity index (χ4v) is 2.20. The highest BCUT2D eigenvalue weighted by atomic mass is 32.2. The van der Waals surface area contributed by atoms with E-state index in [4.69, 9.17) is 5.11 Å². The lowest BCUT2D eigenvalue weighted by molar-refractivity contribution is 0.275. The zero-order valence-corrected chi connectivity index (χ0v) is 10.4. The van der Waals surface area contributed by atoms with Gasteiger partial charge in [-0.1, -0.05) is 18.2 Å². The highest BCUT2D eigenvalue weighted by Gasteiger charge is 2.03. The third kappa shape index (κ3) is 3.28. The summed E-state index contributed by atoms with van der Waals surface area (Å²) in [7, 11) is 0. The van der Waals surface area contributed by atoms with Gasteiger partial charge < -0.3 is 5.11 Å². The lowest BCUT2D eigenvalue weighted by Gasteiger charge is -2.04. The molecule has 0 atom stereocenters. The average molecular weight is 246 g/mol. The van der Waals surface area contributed by atoms with Gasteiger partial charge >= 0.3 is 0 Å². The first-order valence-corrected chi connectivity index (χ1v) is 6.38. The van der Waals surface area contributed by atoms with Crippen LogP contribution in [0.1, 0.15) is 17.1 Å². The van der Waals surface area contributed by atoms with Gasteiger partial charge in [0, 0.05) is 11.1 Å². The molecule has 2 aromatic rings. The van der Waals surface area contributed by atoms with E-state index in [0.29, 0.717) is 5.69 Å². The van der Waals surface area contributed by atoms with Crippen LogP contribution < -0.4 is 0 Å². The topological polar surface area (TPSA) is 46.0 Å². The molecule has 0 saturated carbocycles. The molecular formula is C13H14N2OS. The number of benzene rings is 1. The van der Waals surface area contributed by atoms with Gasteiger partial charge in [-0.15, -0.1) is 11.8 Å². The van der Waals surface area contributed by atoms with Crippen molar-refractivity contribution in [2.24, 2.45) is 0 Å². The molecule has 0 fully saturated rings. The molecule has 1 N–H and O–H groups in total. The van der Waals surface area contributed by atoms with Gasteiger partial charge in [-0.3, -0.25) is 0 Å². The van der Waals surface area contributed by atoms with Gasteiger partial charge in [-0.2, -0.15) is 0 Å². The van der Waals surface area contributed by atoms with Gasteiger partial charge in [-0.05, 0) is 24.6 Å². The molecule has 0 spiro atoms. The molecule has 17 heavy (non-hydrogen) atoms. The zero-order valence-electron chi connectivity index (χ0n) is 9.63. The quantitative estimate of drug-likeness (QED) is 0.842. The first kappa shape index (κ1) is 12.1. The normalized spacial score (nSPS) is 10.5. The van der Waals surface area contributed by atoms with E-state index < -0.39 is 0 Å². The summed E-state index contributed by atoms with van der Waals surface area (Å²) in [6, 6.07) is 10.1. The first-order valence-electron chi connectivity index (χ1n) is 5.39. The second kappa shape index (κ2) is 5.80. The Hall–Kier alpha value is -1.39.